The Morgan fingerprint density at radius 2 is 2.27 bits per heavy atom. The van der Waals surface area contributed by atoms with Crippen LogP contribution in [-0.2, 0) is 14.8 Å². The molecule has 0 bridgehead atoms. The van der Waals surface area contributed by atoms with Crippen molar-refractivity contribution in [2.75, 3.05) is 10.5 Å². The van der Waals surface area contributed by atoms with Crippen LogP contribution in [0.5, 0.6) is 0 Å². The summed E-state index contributed by atoms with van der Waals surface area (Å²) >= 11 is 5.48. The van der Waals surface area contributed by atoms with Crippen molar-refractivity contribution in [3.05, 3.63) is 17.4 Å². The van der Waals surface area contributed by atoms with Gasteiger partial charge in [0.1, 0.15) is 5.15 Å². The topological polar surface area (TPSA) is 109 Å². The summed E-state index contributed by atoms with van der Waals surface area (Å²) in [5, 5.41) is 8.35. The molecule has 9 heteroatoms. The molecular weight excluding hydrogens is 246 g/mol. The van der Waals surface area contributed by atoms with Crippen LogP contribution >= 0.6 is 11.6 Å². The van der Waals surface area contributed by atoms with Gasteiger partial charge in [0, 0.05) is 6.20 Å². The normalized spacial score (nSPS) is 11.0. The number of sulfonamides is 1. The fourth-order valence-corrected chi connectivity index (χ4v) is 1.63. The van der Waals surface area contributed by atoms with Gasteiger partial charge in [-0.1, -0.05) is 11.6 Å². The zero-order valence-electron chi connectivity index (χ0n) is 7.21. The van der Waals surface area contributed by atoms with Gasteiger partial charge in [-0.15, -0.1) is 0 Å². The van der Waals surface area contributed by atoms with Gasteiger partial charge in [0.15, 0.2) is 5.75 Å². The van der Waals surface area contributed by atoms with Crippen molar-refractivity contribution in [1.82, 2.24) is 9.97 Å². The number of nitrogens with one attached hydrogen (secondary N) is 1. The molecule has 2 N–H and O–H groups in total. The molecule has 0 radical (unpaired) electrons. The number of aromatic nitrogens is 2. The second-order valence-corrected chi connectivity index (χ2v) is 4.57. The molecule has 1 aromatic rings. The fraction of sp³-hybridized carbons (Fsp3) is 0.167. The Morgan fingerprint density at radius 1 is 1.60 bits per heavy atom. The van der Waals surface area contributed by atoms with Crippen molar-refractivity contribution in [3.8, 4) is 0 Å². The van der Waals surface area contributed by atoms with Crippen LogP contribution in [0.15, 0.2) is 12.3 Å². The number of carboxylic acid groups (broad SMARTS) is 1. The van der Waals surface area contributed by atoms with Gasteiger partial charge in [0.05, 0.1) is 0 Å². The highest BCUT2D eigenvalue weighted by molar-refractivity contribution is 7.93. The predicted molar refractivity (Wildman–Crippen MR) is 52.1 cm³/mol. The van der Waals surface area contributed by atoms with E-state index in [2.05, 4.69) is 9.97 Å². The van der Waals surface area contributed by atoms with Crippen molar-refractivity contribution in [2.45, 2.75) is 0 Å². The molecule has 0 saturated heterocycles. The number of carboxylic acids is 1. The van der Waals surface area contributed by atoms with Crippen LogP contribution in [0.1, 0.15) is 0 Å². The number of hydrogen-bond acceptors (Lipinski definition) is 5. The number of rotatable bonds is 4. The molecule has 0 aliphatic carbocycles. The zero-order chi connectivity index (χ0) is 11.5. The summed E-state index contributed by atoms with van der Waals surface area (Å²) in [6.45, 7) is 0. The molecule has 82 valence electrons. The van der Waals surface area contributed by atoms with Crippen LogP contribution in [-0.4, -0.2) is 35.2 Å². The molecule has 0 spiro atoms. The van der Waals surface area contributed by atoms with Crippen LogP contribution in [0.25, 0.3) is 0 Å². The smallest absolute Gasteiger partial charge is 0.320 e. The van der Waals surface area contributed by atoms with Crippen molar-refractivity contribution in [3.63, 3.8) is 0 Å². The summed E-state index contributed by atoms with van der Waals surface area (Å²) in [6.07, 6.45) is 1.24. The van der Waals surface area contributed by atoms with Crippen LogP contribution in [0.4, 0.5) is 5.95 Å². The number of hydrogen-bond donors (Lipinski definition) is 2. The SMILES string of the molecule is O=C(O)CS(=O)(=O)Nc1nccc(Cl)n1. The minimum absolute atomic E-state index is 0.0537. The number of anilines is 1. The van der Waals surface area contributed by atoms with Gasteiger partial charge in [0.25, 0.3) is 0 Å². The predicted octanol–water partition coefficient (Wildman–Crippen LogP) is -0.0437. The Kier molecular flexibility index (Phi) is 3.43. The van der Waals surface area contributed by atoms with E-state index in [-0.39, 0.29) is 11.1 Å². The van der Waals surface area contributed by atoms with E-state index in [1.165, 1.54) is 12.3 Å². The highest BCUT2D eigenvalue weighted by atomic mass is 35.5. The molecule has 7 nitrogen and oxygen atoms in total. The zero-order valence-corrected chi connectivity index (χ0v) is 8.79. The molecule has 1 rings (SSSR count). The molecule has 1 aromatic heterocycles. The molecule has 0 amide bonds. The lowest BCUT2D eigenvalue weighted by Gasteiger charge is -2.03. The Balaban J connectivity index is 2.82. The molecular formula is C6H6ClN3O4S. The third kappa shape index (κ3) is 4.09. The molecule has 0 unspecified atom stereocenters. The van der Waals surface area contributed by atoms with Gasteiger partial charge in [-0.05, 0) is 6.07 Å². The summed E-state index contributed by atoms with van der Waals surface area (Å²) in [4.78, 5) is 17.3. The quantitative estimate of drug-likeness (QED) is 0.727. The number of nitrogens with zero attached hydrogens (tertiary/aromatic N) is 2. The van der Waals surface area contributed by atoms with E-state index in [1.54, 1.807) is 0 Å². The summed E-state index contributed by atoms with van der Waals surface area (Å²) in [5.74, 6) is -2.78. The average molecular weight is 252 g/mol. The van der Waals surface area contributed by atoms with Crippen LogP contribution in [0.2, 0.25) is 5.15 Å². The van der Waals surface area contributed by atoms with Crippen LogP contribution in [0, 0.1) is 0 Å². The summed E-state index contributed by atoms with van der Waals surface area (Å²) in [7, 11) is -3.98. The number of halogens is 1. The first-order valence-corrected chi connectivity index (χ1v) is 5.63. The highest BCUT2D eigenvalue weighted by Crippen LogP contribution is 2.07. The van der Waals surface area contributed by atoms with Crippen molar-refractivity contribution >= 4 is 33.5 Å². The Bertz CT molecular complexity index is 475. The van der Waals surface area contributed by atoms with E-state index < -0.39 is 21.7 Å². The largest absolute Gasteiger partial charge is 0.480 e. The standard InChI is InChI=1S/C6H6ClN3O4S/c7-4-1-2-8-6(9-4)10-15(13,14)3-5(11)12/h1-2H,3H2,(H,11,12)(H,8,9,10). The maximum atomic E-state index is 11.1. The fourth-order valence-electron chi connectivity index (χ4n) is 0.724. The monoisotopic (exact) mass is 251 g/mol. The first kappa shape index (κ1) is 11.7. The summed E-state index contributed by atoms with van der Waals surface area (Å²) in [6, 6.07) is 1.36. The highest BCUT2D eigenvalue weighted by Gasteiger charge is 2.16. The van der Waals surface area contributed by atoms with E-state index in [0.29, 0.717) is 0 Å². The minimum Gasteiger partial charge on any atom is -0.480 e. The molecule has 15 heavy (non-hydrogen) atoms. The van der Waals surface area contributed by atoms with Crippen molar-refractivity contribution in [1.29, 1.82) is 0 Å². The van der Waals surface area contributed by atoms with Crippen LogP contribution in [0.3, 0.4) is 0 Å². The third-order valence-electron chi connectivity index (χ3n) is 1.18. The average Bonchev–Trinajstić information content (AvgIpc) is 1.99. The first-order valence-electron chi connectivity index (χ1n) is 3.60. The third-order valence-corrected chi connectivity index (χ3v) is 2.51. The first-order chi connectivity index (χ1) is 6.89. The molecule has 1 heterocycles. The van der Waals surface area contributed by atoms with Gasteiger partial charge in [-0.3, -0.25) is 9.52 Å². The lowest BCUT2D eigenvalue weighted by Crippen LogP contribution is -2.23. The Morgan fingerprint density at radius 3 is 2.80 bits per heavy atom. The van der Waals surface area contributed by atoms with Crippen molar-refractivity contribution in [2.24, 2.45) is 0 Å². The Labute approximate surface area is 90.2 Å². The number of aliphatic carboxylic acids is 1. The molecule has 0 saturated carbocycles. The molecule has 0 aliphatic rings. The summed E-state index contributed by atoms with van der Waals surface area (Å²) < 4.78 is 24.1. The van der Waals surface area contributed by atoms with E-state index in [4.69, 9.17) is 16.7 Å². The van der Waals surface area contributed by atoms with Gasteiger partial charge in [0.2, 0.25) is 16.0 Å². The molecule has 0 fully saturated rings. The number of carbonyl (C=O) groups is 1. The Hall–Kier alpha value is -1.41. The van der Waals surface area contributed by atoms with E-state index in [9.17, 15) is 13.2 Å². The minimum atomic E-state index is -3.98. The van der Waals surface area contributed by atoms with Crippen molar-refractivity contribution < 1.29 is 18.3 Å². The van der Waals surface area contributed by atoms with Gasteiger partial charge >= 0.3 is 5.97 Å². The van der Waals surface area contributed by atoms with Gasteiger partial charge in [-0.25, -0.2) is 18.4 Å². The lowest BCUT2D eigenvalue weighted by molar-refractivity contribution is -0.134. The van der Waals surface area contributed by atoms with E-state index in [1.807, 2.05) is 4.72 Å². The van der Waals surface area contributed by atoms with E-state index >= 15 is 0 Å². The lowest BCUT2D eigenvalue weighted by atomic mass is 10.7. The second-order valence-electron chi connectivity index (χ2n) is 2.46. The molecule has 0 aromatic carbocycles. The maximum absolute atomic E-state index is 11.1. The van der Waals surface area contributed by atoms with E-state index in [0.717, 1.165) is 0 Å². The van der Waals surface area contributed by atoms with Gasteiger partial charge < -0.3 is 5.11 Å². The molecule has 0 atom stereocenters. The maximum Gasteiger partial charge on any atom is 0.320 e. The van der Waals surface area contributed by atoms with Crippen LogP contribution < -0.4 is 4.72 Å². The molecule has 0 aliphatic heterocycles. The van der Waals surface area contributed by atoms with Gasteiger partial charge in [-0.2, -0.15) is 0 Å². The summed E-state index contributed by atoms with van der Waals surface area (Å²) in [5.41, 5.74) is 0. The second kappa shape index (κ2) is 4.41.